The summed E-state index contributed by atoms with van der Waals surface area (Å²) in [6.07, 6.45) is 6.22. The van der Waals surface area contributed by atoms with Gasteiger partial charge in [-0.2, -0.15) is 5.10 Å². The van der Waals surface area contributed by atoms with Gasteiger partial charge in [-0.15, -0.1) is 0 Å². The number of H-pyrrole nitrogens is 1. The highest BCUT2D eigenvalue weighted by atomic mass is 16.2. The molecular formula is C10H16N4O. The molecule has 1 aromatic rings. The first-order chi connectivity index (χ1) is 7.31. The maximum Gasteiger partial charge on any atom is 0.285 e. The summed E-state index contributed by atoms with van der Waals surface area (Å²) in [7, 11) is 0. The lowest BCUT2D eigenvalue weighted by atomic mass is 9.87. The summed E-state index contributed by atoms with van der Waals surface area (Å²) in [6.45, 7) is 0. The molecule has 0 aromatic carbocycles. The molecule has 2 rings (SSSR count). The van der Waals surface area contributed by atoms with Gasteiger partial charge in [0.25, 0.3) is 5.91 Å². The highest BCUT2D eigenvalue weighted by Gasteiger charge is 2.19. The molecule has 0 bridgehead atoms. The summed E-state index contributed by atoms with van der Waals surface area (Å²) in [5, 5.41) is 6.87. The van der Waals surface area contributed by atoms with Crippen molar-refractivity contribution in [3.05, 3.63) is 17.5 Å². The first-order valence-electron chi connectivity index (χ1n) is 5.37. The van der Waals surface area contributed by atoms with Crippen LogP contribution < -0.4 is 11.3 Å². The number of nitrogens with zero attached hydrogens (tertiary/aromatic N) is 1. The number of aromatic amines is 1. The van der Waals surface area contributed by atoms with E-state index in [0.717, 1.165) is 5.69 Å². The Kier molecular flexibility index (Phi) is 3.01. The van der Waals surface area contributed by atoms with E-state index in [2.05, 4.69) is 15.6 Å². The van der Waals surface area contributed by atoms with E-state index < -0.39 is 0 Å². The van der Waals surface area contributed by atoms with Crippen molar-refractivity contribution in [3.8, 4) is 0 Å². The lowest BCUT2D eigenvalue weighted by Gasteiger charge is -2.19. The number of amides is 1. The number of rotatable bonds is 2. The van der Waals surface area contributed by atoms with E-state index in [1.54, 1.807) is 6.07 Å². The summed E-state index contributed by atoms with van der Waals surface area (Å²) in [5.41, 5.74) is 3.51. The molecule has 1 aliphatic rings. The predicted molar refractivity (Wildman–Crippen MR) is 56.1 cm³/mol. The molecule has 5 heteroatoms. The Hall–Kier alpha value is -1.36. The smallest absolute Gasteiger partial charge is 0.285 e. The van der Waals surface area contributed by atoms with Crippen LogP contribution in [0, 0.1) is 0 Å². The molecule has 0 aliphatic heterocycles. The van der Waals surface area contributed by atoms with E-state index in [-0.39, 0.29) is 5.91 Å². The lowest BCUT2D eigenvalue weighted by molar-refractivity contribution is 0.0948. The fraction of sp³-hybridized carbons (Fsp3) is 0.600. The van der Waals surface area contributed by atoms with Gasteiger partial charge in [-0.3, -0.25) is 15.3 Å². The minimum Gasteiger partial charge on any atom is -0.289 e. The van der Waals surface area contributed by atoms with Crippen molar-refractivity contribution in [3.63, 3.8) is 0 Å². The molecule has 1 heterocycles. The van der Waals surface area contributed by atoms with Gasteiger partial charge in [0.15, 0.2) is 5.69 Å². The van der Waals surface area contributed by atoms with E-state index in [0.29, 0.717) is 11.6 Å². The number of hydrazine groups is 1. The van der Waals surface area contributed by atoms with Crippen molar-refractivity contribution in [2.24, 2.45) is 5.84 Å². The Morgan fingerprint density at radius 3 is 2.87 bits per heavy atom. The van der Waals surface area contributed by atoms with Gasteiger partial charge in [0.2, 0.25) is 0 Å². The summed E-state index contributed by atoms with van der Waals surface area (Å²) in [6, 6.07) is 1.80. The van der Waals surface area contributed by atoms with Crippen LogP contribution in [0.4, 0.5) is 0 Å². The second kappa shape index (κ2) is 4.44. The van der Waals surface area contributed by atoms with Crippen LogP contribution in [0.15, 0.2) is 6.07 Å². The minimum atomic E-state index is -0.340. The average molecular weight is 208 g/mol. The number of aromatic nitrogens is 2. The van der Waals surface area contributed by atoms with Crippen LogP contribution in [0.1, 0.15) is 54.2 Å². The van der Waals surface area contributed by atoms with Crippen LogP contribution in [-0.2, 0) is 0 Å². The molecule has 4 N–H and O–H groups in total. The van der Waals surface area contributed by atoms with Gasteiger partial charge in [0, 0.05) is 11.6 Å². The Bertz CT molecular complexity index is 341. The van der Waals surface area contributed by atoms with Gasteiger partial charge < -0.3 is 0 Å². The number of nitrogen functional groups attached to an aromatic ring is 1. The third kappa shape index (κ3) is 2.18. The number of nitrogens with one attached hydrogen (secondary N) is 2. The quantitative estimate of drug-likeness (QED) is 0.386. The third-order valence-corrected chi connectivity index (χ3v) is 3.01. The molecule has 1 fully saturated rings. The molecule has 0 atom stereocenters. The van der Waals surface area contributed by atoms with Gasteiger partial charge in [-0.05, 0) is 18.9 Å². The summed E-state index contributed by atoms with van der Waals surface area (Å²) >= 11 is 0. The topological polar surface area (TPSA) is 83.8 Å². The van der Waals surface area contributed by atoms with Gasteiger partial charge in [0.05, 0.1) is 0 Å². The molecule has 5 nitrogen and oxygen atoms in total. The molecular weight excluding hydrogens is 192 g/mol. The summed E-state index contributed by atoms with van der Waals surface area (Å²) in [4.78, 5) is 11.2. The van der Waals surface area contributed by atoms with E-state index in [1.165, 1.54) is 32.1 Å². The standard InChI is InChI=1S/C10H16N4O/c11-12-10(15)9-6-8(13-14-9)7-4-2-1-3-5-7/h6-7H,1-5,11H2,(H,12,15)(H,13,14). The Morgan fingerprint density at radius 1 is 1.47 bits per heavy atom. The Balaban J connectivity index is 2.08. The highest BCUT2D eigenvalue weighted by molar-refractivity contribution is 5.91. The van der Waals surface area contributed by atoms with Crippen molar-refractivity contribution in [1.82, 2.24) is 15.6 Å². The van der Waals surface area contributed by atoms with Gasteiger partial charge >= 0.3 is 0 Å². The minimum absolute atomic E-state index is 0.340. The van der Waals surface area contributed by atoms with Crippen molar-refractivity contribution >= 4 is 5.91 Å². The van der Waals surface area contributed by atoms with Crippen LogP contribution >= 0.6 is 0 Å². The molecule has 0 spiro atoms. The molecule has 15 heavy (non-hydrogen) atoms. The van der Waals surface area contributed by atoms with Crippen LogP contribution in [0.2, 0.25) is 0 Å². The van der Waals surface area contributed by atoms with Crippen LogP contribution in [0.5, 0.6) is 0 Å². The SMILES string of the molecule is NNC(=O)c1cc(C2CCCCC2)[nH]n1. The maximum atomic E-state index is 11.2. The van der Waals surface area contributed by atoms with Crippen LogP contribution in [0.3, 0.4) is 0 Å². The van der Waals surface area contributed by atoms with Crippen molar-refractivity contribution in [2.45, 2.75) is 38.0 Å². The first-order valence-corrected chi connectivity index (χ1v) is 5.37. The second-order valence-electron chi connectivity index (χ2n) is 4.02. The Morgan fingerprint density at radius 2 is 2.20 bits per heavy atom. The van der Waals surface area contributed by atoms with Crippen molar-refractivity contribution < 1.29 is 4.79 Å². The van der Waals surface area contributed by atoms with E-state index in [9.17, 15) is 4.79 Å². The van der Waals surface area contributed by atoms with Gasteiger partial charge in [-0.25, -0.2) is 5.84 Å². The molecule has 0 unspecified atom stereocenters. The molecule has 0 saturated heterocycles. The van der Waals surface area contributed by atoms with Crippen LogP contribution in [-0.4, -0.2) is 16.1 Å². The second-order valence-corrected chi connectivity index (χ2v) is 4.02. The monoisotopic (exact) mass is 208 g/mol. The number of hydrogen-bond donors (Lipinski definition) is 3. The van der Waals surface area contributed by atoms with E-state index in [1.807, 2.05) is 0 Å². The van der Waals surface area contributed by atoms with Crippen molar-refractivity contribution in [2.75, 3.05) is 0 Å². The molecule has 1 saturated carbocycles. The van der Waals surface area contributed by atoms with E-state index >= 15 is 0 Å². The number of nitrogens with two attached hydrogens (primary N) is 1. The van der Waals surface area contributed by atoms with E-state index in [4.69, 9.17) is 5.84 Å². The molecule has 1 aliphatic carbocycles. The zero-order valence-corrected chi connectivity index (χ0v) is 8.62. The Labute approximate surface area is 88.4 Å². The van der Waals surface area contributed by atoms with Gasteiger partial charge in [-0.1, -0.05) is 19.3 Å². The lowest BCUT2D eigenvalue weighted by Crippen LogP contribution is -2.30. The number of hydrogen-bond acceptors (Lipinski definition) is 3. The van der Waals surface area contributed by atoms with Crippen molar-refractivity contribution in [1.29, 1.82) is 0 Å². The largest absolute Gasteiger partial charge is 0.289 e. The normalized spacial score (nSPS) is 17.7. The summed E-state index contributed by atoms with van der Waals surface area (Å²) in [5.74, 6) is 5.23. The fourth-order valence-electron chi connectivity index (χ4n) is 2.15. The average Bonchev–Trinajstić information content (AvgIpc) is 2.78. The maximum absolute atomic E-state index is 11.2. The predicted octanol–water partition coefficient (Wildman–Crippen LogP) is 1.06. The molecule has 1 aromatic heterocycles. The third-order valence-electron chi connectivity index (χ3n) is 3.01. The zero-order valence-electron chi connectivity index (χ0n) is 8.62. The first kappa shape index (κ1) is 10.2. The molecule has 1 amide bonds. The van der Waals surface area contributed by atoms with Crippen LogP contribution in [0.25, 0.3) is 0 Å². The number of carbonyl (C=O) groups is 1. The highest BCUT2D eigenvalue weighted by Crippen LogP contribution is 2.31. The van der Waals surface area contributed by atoms with Gasteiger partial charge in [0.1, 0.15) is 0 Å². The summed E-state index contributed by atoms with van der Waals surface area (Å²) < 4.78 is 0. The number of carbonyl (C=O) groups excluding carboxylic acids is 1. The molecule has 82 valence electrons. The molecule has 0 radical (unpaired) electrons. The fourth-order valence-corrected chi connectivity index (χ4v) is 2.15. The zero-order chi connectivity index (χ0) is 10.7.